The van der Waals surface area contributed by atoms with Crippen molar-refractivity contribution < 1.29 is 9.53 Å². The van der Waals surface area contributed by atoms with E-state index in [1.165, 1.54) is 7.11 Å². The number of carbonyl (C=O) groups excluding carboxylic acids is 1. The van der Waals surface area contributed by atoms with Gasteiger partial charge in [-0.15, -0.1) is 0 Å². The minimum atomic E-state index is -0.341. The van der Waals surface area contributed by atoms with Crippen LogP contribution in [0, 0.1) is 6.92 Å². The fraction of sp³-hybridized carbons (Fsp3) is 0.538. The van der Waals surface area contributed by atoms with Crippen molar-refractivity contribution >= 4 is 11.8 Å². The zero-order valence-corrected chi connectivity index (χ0v) is 11.1. The predicted octanol–water partition coefficient (Wildman–Crippen LogP) is 1.29. The van der Waals surface area contributed by atoms with Gasteiger partial charge in [0.25, 0.3) is 0 Å². The maximum absolute atomic E-state index is 11.4. The molecule has 98 valence electrons. The predicted molar refractivity (Wildman–Crippen MR) is 69.8 cm³/mol. The molecule has 2 rings (SSSR count). The summed E-state index contributed by atoms with van der Waals surface area (Å²) in [5.41, 5.74) is 1.21. The van der Waals surface area contributed by atoms with E-state index in [0.29, 0.717) is 17.3 Å². The summed E-state index contributed by atoms with van der Waals surface area (Å²) in [7, 11) is 3.49. The van der Waals surface area contributed by atoms with Crippen LogP contribution >= 0.6 is 0 Å². The summed E-state index contributed by atoms with van der Waals surface area (Å²) in [5.74, 6) is 0.479. The van der Waals surface area contributed by atoms with E-state index in [2.05, 4.69) is 22.2 Å². The Morgan fingerprint density at radius 1 is 1.56 bits per heavy atom. The molecule has 1 atom stereocenters. The fourth-order valence-electron chi connectivity index (χ4n) is 2.23. The van der Waals surface area contributed by atoms with Crippen molar-refractivity contribution in [3.63, 3.8) is 0 Å². The highest BCUT2D eigenvalue weighted by Crippen LogP contribution is 2.15. The van der Waals surface area contributed by atoms with Gasteiger partial charge in [0.15, 0.2) is 0 Å². The summed E-state index contributed by atoms with van der Waals surface area (Å²) in [4.78, 5) is 18.1. The molecule has 5 nitrogen and oxygen atoms in total. The van der Waals surface area contributed by atoms with Gasteiger partial charge in [-0.1, -0.05) is 0 Å². The van der Waals surface area contributed by atoms with Crippen LogP contribution in [0.15, 0.2) is 12.1 Å². The summed E-state index contributed by atoms with van der Waals surface area (Å²) >= 11 is 0. The molecule has 1 aliphatic heterocycles. The minimum Gasteiger partial charge on any atom is -0.465 e. The highest BCUT2D eigenvalue weighted by Gasteiger charge is 2.19. The van der Waals surface area contributed by atoms with Gasteiger partial charge in [-0.25, -0.2) is 9.78 Å². The molecule has 1 N–H and O–H groups in total. The lowest BCUT2D eigenvalue weighted by atomic mass is 10.2. The molecule has 18 heavy (non-hydrogen) atoms. The number of nitrogens with one attached hydrogen (secondary N) is 1. The van der Waals surface area contributed by atoms with E-state index < -0.39 is 0 Å². The van der Waals surface area contributed by atoms with Gasteiger partial charge in [-0.2, -0.15) is 0 Å². The van der Waals surface area contributed by atoms with E-state index in [9.17, 15) is 4.79 Å². The molecule has 1 fully saturated rings. The molecule has 0 radical (unpaired) electrons. The number of anilines is 1. The topological polar surface area (TPSA) is 54.5 Å². The third-order valence-electron chi connectivity index (χ3n) is 3.23. The Bertz CT molecular complexity index is 448. The summed E-state index contributed by atoms with van der Waals surface area (Å²) in [6, 6.07) is 4.03. The molecule has 0 aliphatic carbocycles. The molecule has 1 aliphatic rings. The molecule has 1 aromatic rings. The molecular formula is C13H19N3O2. The Hall–Kier alpha value is -1.62. The lowest BCUT2D eigenvalue weighted by Gasteiger charge is -2.14. The number of hydrogen-bond donors (Lipinski definition) is 1. The number of nitrogens with zero attached hydrogens (tertiary/aromatic N) is 2. The van der Waals surface area contributed by atoms with Crippen LogP contribution in [0.4, 0.5) is 5.82 Å². The Labute approximate surface area is 107 Å². The van der Waals surface area contributed by atoms with E-state index >= 15 is 0 Å². The molecule has 5 heteroatoms. The zero-order valence-electron chi connectivity index (χ0n) is 11.1. The summed E-state index contributed by atoms with van der Waals surface area (Å²) < 4.78 is 4.70. The SMILES string of the molecule is COC(=O)c1ccc(NC2CCN(C)C2)nc1C. The normalized spacial score (nSPS) is 19.8. The van der Waals surface area contributed by atoms with Crippen LogP contribution < -0.4 is 5.32 Å². The van der Waals surface area contributed by atoms with Gasteiger partial charge in [-0.3, -0.25) is 0 Å². The Morgan fingerprint density at radius 3 is 2.89 bits per heavy atom. The fourth-order valence-corrected chi connectivity index (χ4v) is 2.23. The first-order valence-corrected chi connectivity index (χ1v) is 6.11. The Balaban J connectivity index is 2.07. The van der Waals surface area contributed by atoms with Crippen molar-refractivity contribution in [3.8, 4) is 0 Å². The van der Waals surface area contributed by atoms with Crippen molar-refractivity contribution in [2.75, 3.05) is 32.6 Å². The number of hydrogen-bond acceptors (Lipinski definition) is 5. The smallest absolute Gasteiger partial charge is 0.339 e. The van der Waals surface area contributed by atoms with Gasteiger partial charge in [0.05, 0.1) is 18.4 Å². The molecule has 2 heterocycles. The molecule has 0 aromatic carbocycles. The lowest BCUT2D eigenvalue weighted by Crippen LogP contribution is -2.24. The Kier molecular flexibility index (Phi) is 3.81. The van der Waals surface area contributed by atoms with Gasteiger partial charge in [-0.05, 0) is 39.1 Å². The number of pyridine rings is 1. The Morgan fingerprint density at radius 2 is 2.33 bits per heavy atom. The second kappa shape index (κ2) is 5.35. The number of methoxy groups -OCH3 is 1. The molecular weight excluding hydrogens is 230 g/mol. The molecule has 0 amide bonds. The summed E-state index contributed by atoms with van der Waals surface area (Å²) in [6.07, 6.45) is 1.12. The van der Waals surface area contributed by atoms with E-state index in [1.807, 2.05) is 13.0 Å². The lowest BCUT2D eigenvalue weighted by molar-refractivity contribution is 0.0599. The van der Waals surface area contributed by atoms with Gasteiger partial charge in [0.1, 0.15) is 5.82 Å². The van der Waals surface area contributed by atoms with Gasteiger partial charge in [0, 0.05) is 12.6 Å². The second-order valence-corrected chi connectivity index (χ2v) is 4.71. The summed E-state index contributed by atoms with van der Waals surface area (Å²) in [5, 5.41) is 3.39. The van der Waals surface area contributed by atoms with Crippen LogP contribution in [-0.4, -0.2) is 49.1 Å². The largest absolute Gasteiger partial charge is 0.465 e. The average Bonchev–Trinajstić information content (AvgIpc) is 2.74. The number of esters is 1. The highest BCUT2D eigenvalue weighted by atomic mass is 16.5. The van der Waals surface area contributed by atoms with Crippen LogP contribution in [0.2, 0.25) is 0 Å². The number of ether oxygens (including phenoxy) is 1. The van der Waals surface area contributed by atoms with Gasteiger partial charge < -0.3 is 15.0 Å². The first-order valence-electron chi connectivity index (χ1n) is 6.11. The number of aromatic nitrogens is 1. The number of aryl methyl sites for hydroxylation is 1. The van der Waals surface area contributed by atoms with Crippen LogP contribution in [0.1, 0.15) is 22.5 Å². The molecule has 1 unspecified atom stereocenters. The van der Waals surface area contributed by atoms with Crippen LogP contribution in [0.3, 0.4) is 0 Å². The molecule has 1 saturated heterocycles. The molecule has 0 saturated carbocycles. The molecule has 0 bridgehead atoms. The maximum Gasteiger partial charge on any atom is 0.339 e. The van der Waals surface area contributed by atoms with Crippen LogP contribution in [0.5, 0.6) is 0 Å². The van der Waals surface area contributed by atoms with Crippen LogP contribution in [0.25, 0.3) is 0 Å². The monoisotopic (exact) mass is 249 g/mol. The van der Waals surface area contributed by atoms with E-state index in [0.717, 1.165) is 25.3 Å². The third kappa shape index (κ3) is 2.79. The van der Waals surface area contributed by atoms with Crippen LogP contribution in [-0.2, 0) is 4.74 Å². The second-order valence-electron chi connectivity index (χ2n) is 4.71. The summed E-state index contributed by atoms with van der Waals surface area (Å²) in [6.45, 7) is 3.95. The standard InChI is InChI=1S/C13H19N3O2/c1-9-11(13(17)18-3)4-5-12(14-9)15-10-6-7-16(2)8-10/h4-5,10H,6-8H2,1-3H3,(H,14,15). The van der Waals surface area contributed by atoms with Gasteiger partial charge in [0.2, 0.25) is 0 Å². The maximum atomic E-state index is 11.4. The van der Waals surface area contributed by atoms with E-state index in [-0.39, 0.29) is 5.97 Å². The third-order valence-corrected chi connectivity index (χ3v) is 3.23. The van der Waals surface area contributed by atoms with Crippen molar-refractivity contribution in [2.24, 2.45) is 0 Å². The quantitative estimate of drug-likeness (QED) is 0.818. The molecule has 0 spiro atoms. The number of carbonyl (C=O) groups is 1. The highest BCUT2D eigenvalue weighted by molar-refractivity contribution is 5.90. The number of rotatable bonds is 3. The minimum absolute atomic E-state index is 0.341. The van der Waals surface area contributed by atoms with Crippen molar-refractivity contribution in [1.82, 2.24) is 9.88 Å². The average molecular weight is 249 g/mol. The first kappa shape index (κ1) is 12.8. The number of likely N-dealkylation sites (tertiary alicyclic amines) is 1. The van der Waals surface area contributed by atoms with E-state index in [1.54, 1.807) is 6.07 Å². The van der Waals surface area contributed by atoms with Gasteiger partial charge >= 0.3 is 5.97 Å². The van der Waals surface area contributed by atoms with Crippen molar-refractivity contribution in [1.29, 1.82) is 0 Å². The van der Waals surface area contributed by atoms with Crippen molar-refractivity contribution in [3.05, 3.63) is 23.4 Å². The van der Waals surface area contributed by atoms with Crippen molar-refractivity contribution in [2.45, 2.75) is 19.4 Å². The first-order chi connectivity index (χ1) is 8.60. The zero-order chi connectivity index (χ0) is 13.1. The number of likely N-dealkylation sites (N-methyl/N-ethyl adjacent to an activating group) is 1. The van der Waals surface area contributed by atoms with E-state index in [4.69, 9.17) is 4.74 Å². The molecule has 1 aromatic heterocycles.